The number of rotatable bonds is 1. The molecule has 1 aliphatic carbocycles. The van der Waals surface area contributed by atoms with E-state index in [0.29, 0.717) is 0 Å². The quantitative estimate of drug-likeness (QED) is 0.607. The summed E-state index contributed by atoms with van der Waals surface area (Å²) in [6.45, 7) is 1.56. The molecule has 0 saturated carbocycles. The number of hydrogen-bond acceptors (Lipinski definition) is 2. The number of ether oxygens (including phenoxy) is 1. The summed E-state index contributed by atoms with van der Waals surface area (Å²) in [5, 5.41) is 0.811. The zero-order valence-electron chi connectivity index (χ0n) is 7.51. The van der Waals surface area contributed by atoms with E-state index in [9.17, 15) is 4.79 Å². The van der Waals surface area contributed by atoms with Crippen LogP contribution in [-0.4, -0.2) is 19.5 Å². The van der Waals surface area contributed by atoms with Crippen LogP contribution in [0.2, 0.25) is 0 Å². The smallest absolute Gasteiger partial charge is 0.147 e. The molecule has 0 aromatic carbocycles. The maximum absolute atomic E-state index is 10.7. The summed E-state index contributed by atoms with van der Waals surface area (Å²) in [6, 6.07) is 0. The highest BCUT2D eigenvalue weighted by Gasteiger charge is 2.41. The SMILES string of the molecule is O=CC1=C(Cl)C2(CCOCC2)CC1. The van der Waals surface area contributed by atoms with E-state index >= 15 is 0 Å². The Morgan fingerprint density at radius 2 is 2.00 bits per heavy atom. The lowest BCUT2D eigenvalue weighted by molar-refractivity contribution is -0.105. The van der Waals surface area contributed by atoms with Crippen molar-refractivity contribution in [3.8, 4) is 0 Å². The molecule has 0 unspecified atom stereocenters. The van der Waals surface area contributed by atoms with Crippen LogP contribution in [0.4, 0.5) is 0 Å². The maximum Gasteiger partial charge on any atom is 0.147 e. The molecule has 0 amide bonds. The third kappa shape index (κ3) is 1.42. The van der Waals surface area contributed by atoms with E-state index in [2.05, 4.69) is 0 Å². The molecule has 0 aromatic rings. The molecule has 1 heterocycles. The zero-order valence-corrected chi connectivity index (χ0v) is 8.27. The van der Waals surface area contributed by atoms with E-state index in [1.807, 2.05) is 0 Å². The Labute approximate surface area is 82.9 Å². The molecule has 2 rings (SSSR count). The van der Waals surface area contributed by atoms with E-state index in [0.717, 1.165) is 55.8 Å². The fourth-order valence-electron chi connectivity index (χ4n) is 2.28. The first-order chi connectivity index (χ1) is 6.28. The summed E-state index contributed by atoms with van der Waals surface area (Å²) >= 11 is 6.21. The zero-order chi connectivity index (χ0) is 9.31. The standard InChI is InChI=1S/C10H13ClO2/c11-9-8(7-12)1-2-10(9)3-5-13-6-4-10/h7H,1-6H2. The molecule has 0 radical (unpaired) electrons. The van der Waals surface area contributed by atoms with Crippen LogP contribution in [0.5, 0.6) is 0 Å². The van der Waals surface area contributed by atoms with Crippen molar-refractivity contribution >= 4 is 17.9 Å². The van der Waals surface area contributed by atoms with Crippen molar-refractivity contribution in [3.05, 3.63) is 10.6 Å². The van der Waals surface area contributed by atoms with Crippen LogP contribution in [-0.2, 0) is 9.53 Å². The van der Waals surface area contributed by atoms with Gasteiger partial charge in [-0.25, -0.2) is 0 Å². The van der Waals surface area contributed by atoms with Crippen molar-refractivity contribution in [2.75, 3.05) is 13.2 Å². The van der Waals surface area contributed by atoms with Crippen molar-refractivity contribution in [3.63, 3.8) is 0 Å². The van der Waals surface area contributed by atoms with E-state index in [-0.39, 0.29) is 5.41 Å². The lowest BCUT2D eigenvalue weighted by Gasteiger charge is -2.33. The molecule has 1 fully saturated rings. The lowest BCUT2D eigenvalue weighted by atomic mass is 9.80. The Morgan fingerprint density at radius 3 is 2.54 bits per heavy atom. The molecule has 3 heteroatoms. The van der Waals surface area contributed by atoms with Crippen LogP contribution in [0.15, 0.2) is 10.6 Å². The van der Waals surface area contributed by atoms with Gasteiger partial charge in [0.05, 0.1) is 0 Å². The molecule has 0 N–H and O–H groups in total. The molecule has 1 saturated heterocycles. The summed E-state index contributed by atoms with van der Waals surface area (Å²) in [5.41, 5.74) is 0.902. The van der Waals surface area contributed by atoms with Gasteiger partial charge >= 0.3 is 0 Å². The summed E-state index contributed by atoms with van der Waals surface area (Å²) < 4.78 is 5.30. The molecule has 2 nitrogen and oxygen atoms in total. The number of carbonyl (C=O) groups is 1. The Balaban J connectivity index is 2.24. The average molecular weight is 201 g/mol. The van der Waals surface area contributed by atoms with Gasteiger partial charge in [0.2, 0.25) is 0 Å². The second kappa shape index (κ2) is 3.43. The van der Waals surface area contributed by atoms with Crippen LogP contribution < -0.4 is 0 Å². The van der Waals surface area contributed by atoms with Crippen molar-refractivity contribution in [1.29, 1.82) is 0 Å². The van der Waals surface area contributed by atoms with Gasteiger partial charge in [0.1, 0.15) is 6.29 Å². The maximum atomic E-state index is 10.7. The summed E-state index contributed by atoms with van der Waals surface area (Å²) in [7, 11) is 0. The van der Waals surface area contributed by atoms with Crippen LogP contribution >= 0.6 is 11.6 Å². The predicted octanol–water partition coefficient (Wildman–Crippen LogP) is 2.27. The van der Waals surface area contributed by atoms with Gasteiger partial charge in [-0.2, -0.15) is 0 Å². The highest BCUT2D eigenvalue weighted by Crippen LogP contribution is 2.50. The van der Waals surface area contributed by atoms with Crippen molar-refractivity contribution in [2.24, 2.45) is 5.41 Å². The molecule has 0 aromatic heterocycles. The highest BCUT2D eigenvalue weighted by atomic mass is 35.5. The number of aldehydes is 1. The Kier molecular flexibility index (Phi) is 2.43. The van der Waals surface area contributed by atoms with E-state index in [4.69, 9.17) is 16.3 Å². The van der Waals surface area contributed by atoms with Gasteiger partial charge in [0.25, 0.3) is 0 Å². The monoisotopic (exact) mass is 200 g/mol. The fourth-order valence-corrected chi connectivity index (χ4v) is 2.70. The van der Waals surface area contributed by atoms with Gasteiger partial charge in [-0.1, -0.05) is 11.6 Å². The number of halogens is 1. The second-order valence-electron chi connectivity index (χ2n) is 3.85. The first kappa shape index (κ1) is 9.22. The van der Waals surface area contributed by atoms with Crippen LogP contribution in [0, 0.1) is 5.41 Å². The first-order valence-electron chi connectivity index (χ1n) is 4.70. The normalized spacial score (nSPS) is 26.8. The van der Waals surface area contributed by atoms with Crippen molar-refractivity contribution < 1.29 is 9.53 Å². The molecule has 72 valence electrons. The summed E-state index contributed by atoms with van der Waals surface area (Å²) in [5.74, 6) is 0. The lowest BCUT2D eigenvalue weighted by Crippen LogP contribution is -2.27. The molecule has 13 heavy (non-hydrogen) atoms. The molecule has 1 aliphatic heterocycles. The topological polar surface area (TPSA) is 26.3 Å². The Bertz CT molecular complexity index is 252. The molecular weight excluding hydrogens is 188 g/mol. The van der Waals surface area contributed by atoms with Gasteiger partial charge in [-0.3, -0.25) is 4.79 Å². The number of hydrogen-bond donors (Lipinski definition) is 0. The summed E-state index contributed by atoms with van der Waals surface area (Å²) in [4.78, 5) is 10.7. The molecule has 1 spiro atoms. The largest absolute Gasteiger partial charge is 0.381 e. The molecule has 2 aliphatic rings. The third-order valence-corrected chi connectivity index (χ3v) is 3.86. The number of allylic oxidation sites excluding steroid dienone is 2. The van der Waals surface area contributed by atoms with E-state index < -0.39 is 0 Å². The van der Waals surface area contributed by atoms with Crippen LogP contribution in [0.1, 0.15) is 25.7 Å². The molecular formula is C10H13ClO2. The molecule has 0 atom stereocenters. The predicted molar refractivity (Wildman–Crippen MR) is 50.7 cm³/mol. The number of carbonyl (C=O) groups excluding carboxylic acids is 1. The van der Waals surface area contributed by atoms with Crippen molar-refractivity contribution in [2.45, 2.75) is 25.7 Å². The van der Waals surface area contributed by atoms with Gasteiger partial charge in [-0.15, -0.1) is 0 Å². The Morgan fingerprint density at radius 1 is 1.31 bits per heavy atom. The van der Waals surface area contributed by atoms with Gasteiger partial charge < -0.3 is 4.74 Å². The fraction of sp³-hybridized carbons (Fsp3) is 0.700. The van der Waals surface area contributed by atoms with Crippen molar-refractivity contribution in [1.82, 2.24) is 0 Å². The highest BCUT2D eigenvalue weighted by molar-refractivity contribution is 6.32. The van der Waals surface area contributed by atoms with Gasteiger partial charge in [0, 0.05) is 29.2 Å². The Hall–Kier alpha value is -0.340. The molecule has 0 bridgehead atoms. The minimum Gasteiger partial charge on any atom is -0.381 e. The minimum atomic E-state index is 0.0933. The van der Waals surface area contributed by atoms with E-state index in [1.54, 1.807) is 0 Å². The van der Waals surface area contributed by atoms with Gasteiger partial charge in [0.15, 0.2) is 0 Å². The summed E-state index contributed by atoms with van der Waals surface area (Å²) in [6.07, 6.45) is 4.74. The van der Waals surface area contributed by atoms with Crippen LogP contribution in [0.3, 0.4) is 0 Å². The average Bonchev–Trinajstić information content (AvgIpc) is 2.47. The first-order valence-corrected chi connectivity index (χ1v) is 5.08. The second-order valence-corrected chi connectivity index (χ2v) is 4.23. The minimum absolute atomic E-state index is 0.0933. The van der Waals surface area contributed by atoms with E-state index in [1.165, 1.54) is 0 Å². The van der Waals surface area contributed by atoms with Crippen LogP contribution in [0.25, 0.3) is 0 Å². The third-order valence-electron chi connectivity index (χ3n) is 3.21. The van der Waals surface area contributed by atoms with Gasteiger partial charge in [-0.05, 0) is 25.7 Å².